The second kappa shape index (κ2) is 7.66. The molecule has 0 saturated carbocycles. The molecule has 0 aromatic heterocycles. The summed E-state index contributed by atoms with van der Waals surface area (Å²) in [5.41, 5.74) is 0.742. The van der Waals surface area contributed by atoms with Gasteiger partial charge in [0, 0.05) is 31.7 Å². The summed E-state index contributed by atoms with van der Waals surface area (Å²) >= 11 is 0. The highest BCUT2D eigenvalue weighted by atomic mass is 32.2. The number of methoxy groups -OCH3 is 1. The van der Waals surface area contributed by atoms with E-state index < -0.39 is 15.8 Å². The predicted molar refractivity (Wildman–Crippen MR) is 98.8 cm³/mol. The van der Waals surface area contributed by atoms with E-state index in [1.165, 1.54) is 29.6 Å². The summed E-state index contributed by atoms with van der Waals surface area (Å²) in [6, 6.07) is 10.6. The van der Waals surface area contributed by atoms with Gasteiger partial charge in [-0.2, -0.15) is 4.31 Å². The number of aryl methyl sites for hydroxylation is 1. The molecular formula is C19H21FN2O4S. The maximum atomic E-state index is 13.7. The first-order chi connectivity index (χ1) is 12.8. The summed E-state index contributed by atoms with van der Waals surface area (Å²) in [4.78, 5) is 14.3. The summed E-state index contributed by atoms with van der Waals surface area (Å²) in [7, 11) is -2.12. The fraction of sp³-hybridized carbons (Fsp3) is 0.316. The second-order valence-corrected chi connectivity index (χ2v) is 8.27. The van der Waals surface area contributed by atoms with E-state index in [9.17, 15) is 17.6 Å². The van der Waals surface area contributed by atoms with Crippen molar-refractivity contribution < 1.29 is 22.3 Å². The number of ether oxygens (including phenoxy) is 1. The minimum Gasteiger partial charge on any atom is -0.497 e. The van der Waals surface area contributed by atoms with Crippen molar-refractivity contribution in [1.82, 2.24) is 9.21 Å². The number of carbonyl (C=O) groups is 1. The smallest absolute Gasteiger partial charge is 0.254 e. The van der Waals surface area contributed by atoms with Crippen LogP contribution in [0.15, 0.2) is 47.4 Å². The lowest BCUT2D eigenvalue weighted by Crippen LogP contribution is -2.50. The molecule has 1 saturated heterocycles. The molecular weight excluding hydrogens is 371 g/mol. The molecule has 0 aliphatic carbocycles. The van der Waals surface area contributed by atoms with E-state index in [2.05, 4.69) is 0 Å². The minimum absolute atomic E-state index is 0.184. The number of hydrogen-bond acceptors (Lipinski definition) is 4. The van der Waals surface area contributed by atoms with Crippen LogP contribution in [0.25, 0.3) is 0 Å². The van der Waals surface area contributed by atoms with Gasteiger partial charge in [-0.05, 0) is 48.9 Å². The Balaban J connectivity index is 1.68. The summed E-state index contributed by atoms with van der Waals surface area (Å²) in [5, 5.41) is 0. The number of benzene rings is 2. The van der Waals surface area contributed by atoms with Gasteiger partial charge < -0.3 is 9.64 Å². The molecule has 1 aliphatic heterocycles. The van der Waals surface area contributed by atoms with Crippen LogP contribution in [0.2, 0.25) is 0 Å². The summed E-state index contributed by atoms with van der Waals surface area (Å²) < 4.78 is 45.6. The number of halogens is 1. The zero-order valence-electron chi connectivity index (χ0n) is 15.2. The SMILES string of the molecule is COc1ccc(S(=O)(=O)N2CCN(C(=O)c3ccc(C)c(F)c3)CC2)cc1. The lowest BCUT2D eigenvalue weighted by molar-refractivity contribution is 0.0697. The highest BCUT2D eigenvalue weighted by Crippen LogP contribution is 2.21. The molecule has 0 spiro atoms. The summed E-state index contributed by atoms with van der Waals surface area (Å²) in [6.45, 7) is 2.52. The van der Waals surface area contributed by atoms with Crippen LogP contribution in [-0.4, -0.2) is 56.8 Å². The van der Waals surface area contributed by atoms with Crippen LogP contribution in [0.3, 0.4) is 0 Å². The molecule has 1 aliphatic rings. The van der Waals surface area contributed by atoms with Crippen molar-refractivity contribution in [3.63, 3.8) is 0 Å². The van der Waals surface area contributed by atoms with Crippen LogP contribution in [0.4, 0.5) is 4.39 Å². The molecule has 0 atom stereocenters. The fourth-order valence-corrected chi connectivity index (χ4v) is 4.36. The molecule has 0 unspecified atom stereocenters. The number of piperazine rings is 1. The molecule has 2 aromatic rings. The molecule has 0 bridgehead atoms. The van der Waals surface area contributed by atoms with Crippen LogP contribution in [0.1, 0.15) is 15.9 Å². The normalized spacial score (nSPS) is 15.6. The van der Waals surface area contributed by atoms with Gasteiger partial charge >= 0.3 is 0 Å². The Morgan fingerprint density at radius 2 is 1.67 bits per heavy atom. The van der Waals surface area contributed by atoms with Crippen LogP contribution < -0.4 is 4.74 Å². The Labute approximate surface area is 158 Å². The van der Waals surface area contributed by atoms with Gasteiger partial charge in [0.2, 0.25) is 10.0 Å². The third-order valence-electron chi connectivity index (χ3n) is 4.64. The molecule has 2 aromatic carbocycles. The van der Waals surface area contributed by atoms with Crippen molar-refractivity contribution in [3.8, 4) is 5.75 Å². The summed E-state index contributed by atoms with van der Waals surface area (Å²) in [5.74, 6) is -0.147. The standard InChI is InChI=1S/C19H21FN2O4S/c1-14-3-4-15(13-18(14)20)19(23)21-9-11-22(12-10-21)27(24,25)17-7-5-16(26-2)6-8-17/h3-8,13H,9-12H2,1-2H3. The van der Waals surface area contributed by atoms with E-state index in [4.69, 9.17) is 4.74 Å². The van der Waals surface area contributed by atoms with E-state index in [1.54, 1.807) is 36.1 Å². The van der Waals surface area contributed by atoms with E-state index in [1.807, 2.05) is 0 Å². The Morgan fingerprint density at radius 1 is 1.04 bits per heavy atom. The average Bonchev–Trinajstić information content (AvgIpc) is 2.69. The van der Waals surface area contributed by atoms with Gasteiger partial charge in [-0.15, -0.1) is 0 Å². The quantitative estimate of drug-likeness (QED) is 0.801. The van der Waals surface area contributed by atoms with Gasteiger partial charge in [0.25, 0.3) is 5.91 Å². The van der Waals surface area contributed by atoms with E-state index in [0.717, 1.165) is 0 Å². The third-order valence-corrected chi connectivity index (χ3v) is 6.55. The Bertz CT molecular complexity index is 937. The Morgan fingerprint density at radius 3 is 2.22 bits per heavy atom. The number of sulfonamides is 1. The third kappa shape index (κ3) is 3.96. The lowest BCUT2D eigenvalue weighted by atomic mass is 10.1. The molecule has 144 valence electrons. The monoisotopic (exact) mass is 392 g/mol. The fourth-order valence-electron chi connectivity index (χ4n) is 2.94. The van der Waals surface area contributed by atoms with Crippen molar-refractivity contribution >= 4 is 15.9 Å². The van der Waals surface area contributed by atoms with Gasteiger partial charge in [0.15, 0.2) is 0 Å². The van der Waals surface area contributed by atoms with Gasteiger partial charge in [0.1, 0.15) is 11.6 Å². The molecule has 27 heavy (non-hydrogen) atoms. The number of carbonyl (C=O) groups excluding carboxylic acids is 1. The summed E-state index contributed by atoms with van der Waals surface area (Å²) in [6.07, 6.45) is 0. The molecule has 1 heterocycles. The van der Waals surface area contributed by atoms with Crippen molar-refractivity contribution in [2.75, 3.05) is 33.3 Å². The van der Waals surface area contributed by atoms with E-state index in [0.29, 0.717) is 11.3 Å². The van der Waals surface area contributed by atoms with E-state index >= 15 is 0 Å². The lowest BCUT2D eigenvalue weighted by Gasteiger charge is -2.34. The zero-order valence-corrected chi connectivity index (χ0v) is 16.0. The highest BCUT2D eigenvalue weighted by molar-refractivity contribution is 7.89. The predicted octanol–water partition coefficient (Wildman–Crippen LogP) is 2.29. The first-order valence-corrected chi connectivity index (χ1v) is 9.96. The van der Waals surface area contributed by atoms with E-state index in [-0.39, 0.29) is 42.5 Å². The van der Waals surface area contributed by atoms with Crippen molar-refractivity contribution in [2.45, 2.75) is 11.8 Å². The van der Waals surface area contributed by atoms with Crippen molar-refractivity contribution in [1.29, 1.82) is 0 Å². The van der Waals surface area contributed by atoms with Gasteiger partial charge in [-0.1, -0.05) is 6.07 Å². The number of hydrogen-bond donors (Lipinski definition) is 0. The van der Waals surface area contributed by atoms with Crippen LogP contribution in [-0.2, 0) is 10.0 Å². The van der Waals surface area contributed by atoms with Crippen LogP contribution >= 0.6 is 0 Å². The average molecular weight is 392 g/mol. The molecule has 0 radical (unpaired) electrons. The molecule has 0 N–H and O–H groups in total. The first kappa shape index (κ1) is 19.3. The molecule has 1 fully saturated rings. The maximum Gasteiger partial charge on any atom is 0.254 e. The van der Waals surface area contributed by atoms with Crippen LogP contribution in [0, 0.1) is 12.7 Å². The zero-order chi connectivity index (χ0) is 19.6. The van der Waals surface area contributed by atoms with Gasteiger partial charge in [-0.25, -0.2) is 12.8 Å². The number of amides is 1. The molecule has 3 rings (SSSR count). The largest absolute Gasteiger partial charge is 0.497 e. The number of rotatable bonds is 4. The molecule has 6 nitrogen and oxygen atoms in total. The second-order valence-electron chi connectivity index (χ2n) is 6.34. The molecule has 1 amide bonds. The van der Waals surface area contributed by atoms with Crippen molar-refractivity contribution in [3.05, 3.63) is 59.4 Å². The minimum atomic E-state index is -3.63. The Kier molecular flexibility index (Phi) is 5.48. The maximum absolute atomic E-state index is 13.7. The first-order valence-electron chi connectivity index (χ1n) is 8.52. The molecule has 8 heteroatoms. The topological polar surface area (TPSA) is 66.9 Å². The Hall–Kier alpha value is -2.45. The van der Waals surface area contributed by atoms with Crippen molar-refractivity contribution in [2.24, 2.45) is 0 Å². The highest BCUT2D eigenvalue weighted by Gasteiger charge is 2.30. The van der Waals surface area contributed by atoms with Crippen LogP contribution in [0.5, 0.6) is 5.75 Å². The number of nitrogens with zero attached hydrogens (tertiary/aromatic N) is 2. The van der Waals surface area contributed by atoms with Gasteiger partial charge in [0.05, 0.1) is 12.0 Å². The van der Waals surface area contributed by atoms with Gasteiger partial charge in [-0.3, -0.25) is 4.79 Å².